The highest BCUT2D eigenvalue weighted by Crippen LogP contribution is 2.23. The van der Waals surface area contributed by atoms with E-state index in [9.17, 15) is 0 Å². The lowest BCUT2D eigenvalue weighted by Crippen LogP contribution is -2.20. The van der Waals surface area contributed by atoms with Gasteiger partial charge in [-0.3, -0.25) is 0 Å². The van der Waals surface area contributed by atoms with Gasteiger partial charge < -0.3 is 5.32 Å². The van der Waals surface area contributed by atoms with Gasteiger partial charge in [0, 0.05) is 6.04 Å². The van der Waals surface area contributed by atoms with Gasteiger partial charge in [-0.1, -0.05) is 53.6 Å². The molecule has 100 valence electrons. The van der Waals surface area contributed by atoms with Crippen LogP contribution in [0.3, 0.4) is 0 Å². The average Bonchev–Trinajstić information content (AvgIpc) is 2.39. The van der Waals surface area contributed by atoms with Crippen molar-refractivity contribution in [3.05, 3.63) is 70.3 Å². The molecule has 1 N–H and O–H groups in total. The van der Waals surface area contributed by atoms with Gasteiger partial charge in [0.25, 0.3) is 0 Å². The Labute approximate surface area is 116 Å². The van der Waals surface area contributed by atoms with Crippen molar-refractivity contribution in [1.29, 1.82) is 0 Å². The highest BCUT2D eigenvalue weighted by molar-refractivity contribution is 5.34. The van der Waals surface area contributed by atoms with Gasteiger partial charge in [-0.2, -0.15) is 0 Å². The summed E-state index contributed by atoms with van der Waals surface area (Å²) in [6, 6.07) is 15.8. The smallest absolute Gasteiger partial charge is 0.0361 e. The number of aryl methyl sites for hydroxylation is 3. The van der Waals surface area contributed by atoms with Crippen molar-refractivity contribution in [3.8, 4) is 0 Å². The number of hydrogen-bond acceptors (Lipinski definition) is 1. The number of benzene rings is 2. The maximum absolute atomic E-state index is 3.45. The Kier molecular flexibility index (Phi) is 4.39. The Bertz CT molecular complexity index is 557. The molecule has 19 heavy (non-hydrogen) atoms. The van der Waals surface area contributed by atoms with E-state index < -0.39 is 0 Å². The fourth-order valence-electron chi connectivity index (χ4n) is 2.58. The Morgan fingerprint density at radius 1 is 0.947 bits per heavy atom. The first-order valence-corrected chi connectivity index (χ1v) is 6.90. The molecule has 0 aliphatic rings. The van der Waals surface area contributed by atoms with Gasteiger partial charge in [-0.15, -0.1) is 0 Å². The molecule has 0 spiro atoms. The first-order valence-electron chi connectivity index (χ1n) is 6.90. The van der Waals surface area contributed by atoms with Crippen molar-refractivity contribution in [1.82, 2.24) is 5.32 Å². The molecule has 2 aromatic rings. The van der Waals surface area contributed by atoms with Gasteiger partial charge in [0.05, 0.1) is 0 Å². The van der Waals surface area contributed by atoms with Gasteiger partial charge in [0.2, 0.25) is 0 Å². The normalized spacial score (nSPS) is 12.4. The molecule has 0 amide bonds. The van der Waals surface area contributed by atoms with Crippen LogP contribution < -0.4 is 5.32 Å². The molecule has 1 atom stereocenters. The predicted molar refractivity (Wildman–Crippen MR) is 82.6 cm³/mol. The molecule has 1 heteroatoms. The summed E-state index contributed by atoms with van der Waals surface area (Å²) in [6.45, 7) is 6.49. The second-order valence-corrected chi connectivity index (χ2v) is 5.39. The molecule has 0 aliphatic carbocycles. The predicted octanol–water partition coefficient (Wildman–Crippen LogP) is 4.12. The maximum atomic E-state index is 3.45. The van der Waals surface area contributed by atoms with Gasteiger partial charge >= 0.3 is 0 Å². The SMILES string of the molecule is CNC(Cc1cccc(C)c1)c1cc(C)ccc1C. The zero-order valence-corrected chi connectivity index (χ0v) is 12.3. The third-order valence-electron chi connectivity index (χ3n) is 3.68. The minimum absolute atomic E-state index is 0.377. The molecule has 2 rings (SSSR count). The molecular formula is C18H23N. The monoisotopic (exact) mass is 253 g/mol. The molecule has 0 bridgehead atoms. The van der Waals surface area contributed by atoms with Crippen LogP contribution in [-0.2, 0) is 6.42 Å². The minimum Gasteiger partial charge on any atom is -0.313 e. The lowest BCUT2D eigenvalue weighted by molar-refractivity contribution is 0.588. The minimum atomic E-state index is 0.377. The van der Waals surface area contributed by atoms with E-state index in [0.29, 0.717) is 6.04 Å². The summed E-state index contributed by atoms with van der Waals surface area (Å²) in [4.78, 5) is 0. The largest absolute Gasteiger partial charge is 0.313 e. The van der Waals surface area contributed by atoms with Gasteiger partial charge in [-0.25, -0.2) is 0 Å². The fraction of sp³-hybridized carbons (Fsp3) is 0.333. The van der Waals surface area contributed by atoms with Crippen LogP contribution in [0.4, 0.5) is 0 Å². The zero-order valence-electron chi connectivity index (χ0n) is 12.3. The van der Waals surface area contributed by atoms with Crippen molar-refractivity contribution in [2.24, 2.45) is 0 Å². The topological polar surface area (TPSA) is 12.0 Å². The quantitative estimate of drug-likeness (QED) is 0.864. The van der Waals surface area contributed by atoms with E-state index >= 15 is 0 Å². The summed E-state index contributed by atoms with van der Waals surface area (Å²) in [5.74, 6) is 0. The fourth-order valence-corrected chi connectivity index (χ4v) is 2.58. The van der Waals surface area contributed by atoms with E-state index in [-0.39, 0.29) is 0 Å². The Morgan fingerprint density at radius 3 is 2.37 bits per heavy atom. The van der Waals surface area contributed by atoms with Crippen LogP contribution in [0, 0.1) is 20.8 Å². The van der Waals surface area contributed by atoms with Crippen LogP contribution in [-0.4, -0.2) is 7.05 Å². The molecular weight excluding hydrogens is 230 g/mol. The molecule has 1 nitrogen and oxygen atoms in total. The number of rotatable bonds is 4. The molecule has 0 fully saturated rings. The van der Waals surface area contributed by atoms with Crippen LogP contribution >= 0.6 is 0 Å². The van der Waals surface area contributed by atoms with Crippen molar-refractivity contribution >= 4 is 0 Å². The number of nitrogens with one attached hydrogen (secondary N) is 1. The maximum Gasteiger partial charge on any atom is 0.0361 e. The molecule has 0 aromatic heterocycles. The Hall–Kier alpha value is -1.60. The molecule has 0 aliphatic heterocycles. The molecule has 0 saturated heterocycles. The third kappa shape index (κ3) is 3.45. The van der Waals surface area contributed by atoms with Crippen LogP contribution in [0.5, 0.6) is 0 Å². The first-order chi connectivity index (χ1) is 9.10. The molecule has 2 aromatic carbocycles. The van der Waals surface area contributed by atoms with E-state index in [1.807, 2.05) is 7.05 Å². The van der Waals surface area contributed by atoms with Crippen molar-refractivity contribution in [2.45, 2.75) is 33.2 Å². The zero-order chi connectivity index (χ0) is 13.8. The summed E-state index contributed by atoms with van der Waals surface area (Å²) >= 11 is 0. The molecule has 0 heterocycles. The van der Waals surface area contributed by atoms with Crippen molar-refractivity contribution in [3.63, 3.8) is 0 Å². The summed E-state index contributed by atoms with van der Waals surface area (Å²) in [5.41, 5.74) is 6.81. The third-order valence-corrected chi connectivity index (χ3v) is 3.68. The van der Waals surface area contributed by atoms with Crippen molar-refractivity contribution in [2.75, 3.05) is 7.05 Å². The Balaban J connectivity index is 2.27. The molecule has 0 saturated carbocycles. The second-order valence-electron chi connectivity index (χ2n) is 5.39. The first kappa shape index (κ1) is 13.8. The van der Waals surface area contributed by atoms with Crippen LogP contribution in [0.15, 0.2) is 42.5 Å². The summed E-state index contributed by atoms with van der Waals surface area (Å²) < 4.78 is 0. The van der Waals surface area contributed by atoms with Crippen LogP contribution in [0.1, 0.15) is 33.9 Å². The van der Waals surface area contributed by atoms with Gasteiger partial charge in [0.1, 0.15) is 0 Å². The lowest BCUT2D eigenvalue weighted by atomic mass is 9.93. The molecule has 1 unspecified atom stereocenters. The number of likely N-dealkylation sites (N-methyl/N-ethyl adjacent to an activating group) is 1. The average molecular weight is 253 g/mol. The Morgan fingerprint density at radius 2 is 1.68 bits per heavy atom. The van der Waals surface area contributed by atoms with E-state index in [1.54, 1.807) is 0 Å². The van der Waals surface area contributed by atoms with Crippen LogP contribution in [0.2, 0.25) is 0 Å². The standard InChI is InChI=1S/C18H23N/c1-13-6-5-7-16(10-13)12-18(19-4)17-11-14(2)8-9-15(17)3/h5-11,18-19H,12H2,1-4H3. The van der Waals surface area contributed by atoms with E-state index in [0.717, 1.165) is 6.42 Å². The van der Waals surface area contributed by atoms with E-state index in [1.165, 1.54) is 27.8 Å². The summed E-state index contributed by atoms with van der Waals surface area (Å²) in [6.07, 6.45) is 1.03. The van der Waals surface area contributed by atoms with E-state index in [4.69, 9.17) is 0 Å². The summed E-state index contributed by atoms with van der Waals surface area (Å²) in [7, 11) is 2.04. The summed E-state index contributed by atoms with van der Waals surface area (Å²) in [5, 5.41) is 3.45. The van der Waals surface area contributed by atoms with Gasteiger partial charge in [-0.05, 0) is 50.9 Å². The molecule has 0 radical (unpaired) electrons. The highest BCUT2D eigenvalue weighted by atomic mass is 14.9. The lowest BCUT2D eigenvalue weighted by Gasteiger charge is -2.20. The van der Waals surface area contributed by atoms with E-state index in [2.05, 4.69) is 68.6 Å². The van der Waals surface area contributed by atoms with Gasteiger partial charge in [0.15, 0.2) is 0 Å². The highest BCUT2D eigenvalue weighted by Gasteiger charge is 2.12. The van der Waals surface area contributed by atoms with Crippen LogP contribution in [0.25, 0.3) is 0 Å². The van der Waals surface area contributed by atoms with Crippen molar-refractivity contribution < 1.29 is 0 Å². The number of hydrogen-bond donors (Lipinski definition) is 1. The second kappa shape index (κ2) is 6.03.